The molecule has 0 nitrogen and oxygen atoms in total. The Labute approximate surface area is 77.2 Å². The molecule has 2 heteroatoms. The summed E-state index contributed by atoms with van der Waals surface area (Å²) in [6, 6.07) is 0. The average Bonchev–Trinajstić information content (AvgIpc) is 1.88. The molecule has 0 aliphatic carbocycles. The van der Waals surface area contributed by atoms with Crippen LogP contribution in [0.2, 0.25) is 0 Å². The lowest BCUT2D eigenvalue weighted by Gasteiger charge is -1.99. The Morgan fingerprint density at radius 3 is 1.80 bits per heavy atom. The van der Waals surface area contributed by atoms with Gasteiger partial charge in [0.25, 0.3) is 0 Å². The second kappa shape index (κ2) is 9.44. The molecule has 0 aliphatic rings. The molecule has 0 rings (SSSR count). The van der Waals surface area contributed by atoms with Gasteiger partial charge in [-0.1, -0.05) is 48.2 Å². The van der Waals surface area contributed by atoms with Crippen molar-refractivity contribution in [3.8, 4) is 0 Å². The largest absolute Gasteiger partial charge is 0.0651 e. The van der Waals surface area contributed by atoms with Gasteiger partial charge >= 0.3 is 0 Å². The monoisotopic (exact) mass is 222 g/mol. The van der Waals surface area contributed by atoms with E-state index in [0.29, 0.717) is 0 Å². The maximum Gasteiger partial charge on any atom is -0.0149 e. The topological polar surface area (TPSA) is 0 Å². The first-order chi connectivity index (χ1) is 4.35. The first-order valence-electron chi connectivity index (χ1n) is 3.63. The van der Waals surface area contributed by atoms with E-state index in [9.17, 15) is 0 Å². The molecule has 0 radical (unpaired) electrons. The first-order valence-corrected chi connectivity index (χ1v) is 4.54. The molecule has 0 atom stereocenters. The van der Waals surface area contributed by atoms with E-state index in [2.05, 4.69) is 34.8 Å². The van der Waals surface area contributed by atoms with Crippen LogP contribution in [0.15, 0.2) is 10.6 Å². The van der Waals surface area contributed by atoms with Gasteiger partial charge in [-0.25, -0.2) is 0 Å². The van der Waals surface area contributed by atoms with Gasteiger partial charge in [0.2, 0.25) is 0 Å². The van der Waals surface area contributed by atoms with Gasteiger partial charge in [-0.3, -0.25) is 0 Å². The van der Waals surface area contributed by atoms with Crippen molar-refractivity contribution in [3.63, 3.8) is 0 Å². The lowest BCUT2D eigenvalue weighted by molar-refractivity contribution is 0.806. The Morgan fingerprint density at radius 1 is 1.20 bits per heavy atom. The molecule has 0 heterocycles. The van der Waals surface area contributed by atoms with Crippen LogP contribution in [0.25, 0.3) is 0 Å². The van der Waals surface area contributed by atoms with Gasteiger partial charge in [0.15, 0.2) is 0 Å². The summed E-state index contributed by atoms with van der Waals surface area (Å²) >= 11 is 3.36. The van der Waals surface area contributed by atoms with Crippen LogP contribution in [0.1, 0.15) is 39.5 Å². The van der Waals surface area contributed by atoms with Crippen LogP contribution >= 0.6 is 15.9 Å². The van der Waals surface area contributed by atoms with Crippen molar-refractivity contribution < 1.29 is 0 Å². The van der Waals surface area contributed by atoms with Crippen molar-refractivity contribution in [2.45, 2.75) is 39.5 Å². The van der Waals surface area contributed by atoms with Gasteiger partial charge < -0.3 is 0 Å². The van der Waals surface area contributed by atoms with Gasteiger partial charge in [0.1, 0.15) is 0 Å². The summed E-state index contributed by atoms with van der Waals surface area (Å²) < 4.78 is 0. The molecule has 0 fully saturated rings. The zero-order valence-corrected chi connectivity index (χ0v) is 7.87. The summed E-state index contributed by atoms with van der Waals surface area (Å²) in [5.74, 6) is 0. The van der Waals surface area contributed by atoms with E-state index >= 15 is 0 Å². The molecule has 0 unspecified atom stereocenters. The van der Waals surface area contributed by atoms with Crippen LogP contribution in [0.5, 0.6) is 0 Å². The van der Waals surface area contributed by atoms with Crippen molar-refractivity contribution in [2.75, 3.05) is 0 Å². The Morgan fingerprint density at radius 2 is 1.60 bits per heavy atom. The van der Waals surface area contributed by atoms with Crippen LogP contribution in [-0.2, 0) is 0 Å². The highest BCUT2D eigenvalue weighted by molar-refractivity contribution is 9.11. The molecule has 0 aromatic heterocycles. The third-order valence-electron chi connectivity index (χ3n) is 1.30. The van der Waals surface area contributed by atoms with Crippen molar-refractivity contribution in [3.05, 3.63) is 10.6 Å². The predicted octanol–water partition coefficient (Wildman–Crippen LogP) is 2.41. The van der Waals surface area contributed by atoms with Gasteiger partial charge in [0, 0.05) is 0 Å². The maximum atomic E-state index is 3.36. The predicted molar refractivity (Wildman–Crippen MR) is 58.2 cm³/mol. The Kier molecular flexibility index (Phi) is 12.3. The number of halogens is 1. The van der Waals surface area contributed by atoms with Gasteiger partial charge in [0.05, 0.1) is 0 Å². The van der Waals surface area contributed by atoms with Gasteiger partial charge in [-0.2, -0.15) is 0 Å². The molecule has 0 amide bonds. The molecule has 0 aliphatic heterocycles. The summed E-state index contributed by atoms with van der Waals surface area (Å²) in [6.45, 7) is 4.43. The minimum Gasteiger partial charge on any atom is -0.0651 e. The fourth-order valence-electron chi connectivity index (χ4n) is 0.876. The lowest BCUT2D eigenvalue weighted by atomic mass is 10.1. The Balaban J connectivity index is 0. The SMILES string of the molecule is CCCC(=CBr)CCC.[SiH4]. The molecule has 0 bridgehead atoms. The van der Waals surface area contributed by atoms with Crippen LogP contribution < -0.4 is 0 Å². The Hall–Kier alpha value is 0.437. The second-order valence-electron chi connectivity index (χ2n) is 2.27. The van der Waals surface area contributed by atoms with Crippen molar-refractivity contribution >= 4 is 26.9 Å². The van der Waals surface area contributed by atoms with E-state index in [-0.39, 0.29) is 11.0 Å². The van der Waals surface area contributed by atoms with E-state index in [1.54, 1.807) is 5.57 Å². The standard InChI is InChI=1S/C8H15Br.H4Si/c1-3-5-8(7-9)6-4-2;/h7H,3-6H2,1-2H3;1H4. The molecule has 0 saturated heterocycles. The van der Waals surface area contributed by atoms with Crippen molar-refractivity contribution in [1.29, 1.82) is 0 Å². The third kappa shape index (κ3) is 6.56. The normalized spacial score (nSPS) is 8.30. The van der Waals surface area contributed by atoms with Crippen LogP contribution in [0.3, 0.4) is 0 Å². The quantitative estimate of drug-likeness (QED) is 0.642. The number of allylic oxidation sites excluding steroid dienone is 1. The fraction of sp³-hybridized carbons (Fsp3) is 0.750. The fourth-order valence-corrected chi connectivity index (χ4v) is 1.33. The maximum absolute atomic E-state index is 3.36. The molecular weight excluding hydrogens is 204 g/mol. The lowest BCUT2D eigenvalue weighted by Crippen LogP contribution is -1.79. The highest BCUT2D eigenvalue weighted by Crippen LogP contribution is 2.13. The van der Waals surface area contributed by atoms with Crippen molar-refractivity contribution in [1.82, 2.24) is 0 Å². The molecule has 62 valence electrons. The summed E-state index contributed by atoms with van der Waals surface area (Å²) in [7, 11) is 0. The molecule has 0 aromatic carbocycles. The Bertz CT molecular complexity index is 81.3. The van der Waals surface area contributed by atoms with E-state index < -0.39 is 0 Å². The minimum absolute atomic E-state index is 0. The summed E-state index contributed by atoms with van der Waals surface area (Å²) in [6.07, 6.45) is 5.02. The number of hydrogen-bond acceptors (Lipinski definition) is 0. The molecule has 0 aromatic rings. The second-order valence-corrected chi connectivity index (χ2v) is 2.73. The molecule has 10 heavy (non-hydrogen) atoms. The highest BCUT2D eigenvalue weighted by Gasteiger charge is 1.91. The molecule has 0 saturated carbocycles. The van der Waals surface area contributed by atoms with Crippen LogP contribution in [-0.4, -0.2) is 11.0 Å². The van der Waals surface area contributed by atoms with Crippen LogP contribution in [0, 0.1) is 0 Å². The first kappa shape index (κ1) is 13.1. The number of hydrogen-bond donors (Lipinski definition) is 0. The minimum atomic E-state index is 0. The highest BCUT2D eigenvalue weighted by atomic mass is 79.9. The van der Waals surface area contributed by atoms with E-state index in [1.165, 1.54) is 25.7 Å². The summed E-state index contributed by atoms with van der Waals surface area (Å²) in [5.41, 5.74) is 1.54. The molecule has 0 N–H and O–H groups in total. The van der Waals surface area contributed by atoms with Gasteiger partial charge in [-0.05, 0) is 28.8 Å². The zero-order valence-electron chi connectivity index (χ0n) is 6.28. The van der Waals surface area contributed by atoms with E-state index in [1.807, 2.05) is 0 Å². The molecular formula is C8H19BrSi. The van der Waals surface area contributed by atoms with E-state index in [0.717, 1.165) is 0 Å². The smallest absolute Gasteiger partial charge is 0.0149 e. The third-order valence-corrected chi connectivity index (χ3v) is 1.94. The summed E-state index contributed by atoms with van der Waals surface area (Å²) in [5, 5.41) is 0. The number of rotatable bonds is 4. The zero-order chi connectivity index (χ0) is 7.11. The van der Waals surface area contributed by atoms with E-state index in [4.69, 9.17) is 0 Å². The molecule has 0 spiro atoms. The summed E-state index contributed by atoms with van der Waals surface area (Å²) in [4.78, 5) is 2.07. The average molecular weight is 223 g/mol. The van der Waals surface area contributed by atoms with Crippen molar-refractivity contribution in [2.24, 2.45) is 0 Å². The van der Waals surface area contributed by atoms with Crippen LogP contribution in [0.4, 0.5) is 0 Å². The van der Waals surface area contributed by atoms with Gasteiger partial charge in [-0.15, -0.1) is 0 Å².